The van der Waals surface area contributed by atoms with E-state index in [9.17, 15) is 19.2 Å². The predicted molar refractivity (Wildman–Crippen MR) is 141 cm³/mol. The third-order valence-corrected chi connectivity index (χ3v) is 6.33. The second-order valence-corrected chi connectivity index (χ2v) is 9.63. The van der Waals surface area contributed by atoms with Gasteiger partial charge in [-0.05, 0) is 43.9 Å². The van der Waals surface area contributed by atoms with Crippen LogP contribution in [0.5, 0.6) is 11.5 Å². The second-order valence-electron chi connectivity index (χ2n) is 9.63. The first-order valence-corrected chi connectivity index (χ1v) is 13.2. The molecule has 2 N–H and O–H groups in total. The molecule has 1 aromatic rings. The molecule has 1 aromatic carbocycles. The molecule has 10 nitrogen and oxygen atoms in total. The zero-order chi connectivity index (χ0) is 28.9. The molecule has 0 fully saturated rings. The number of esters is 3. The maximum absolute atomic E-state index is 12.6. The van der Waals surface area contributed by atoms with Gasteiger partial charge in [-0.1, -0.05) is 47.1 Å². The Hall–Kier alpha value is -3.14. The van der Waals surface area contributed by atoms with Crippen molar-refractivity contribution in [2.24, 2.45) is 17.6 Å². The lowest BCUT2D eigenvalue weighted by molar-refractivity contribution is -0.148. The molecule has 0 amide bonds. The van der Waals surface area contributed by atoms with E-state index < -0.39 is 29.6 Å². The van der Waals surface area contributed by atoms with Gasteiger partial charge >= 0.3 is 24.1 Å². The highest BCUT2D eigenvalue weighted by Crippen LogP contribution is 2.32. The molecule has 0 radical (unpaired) electrons. The fourth-order valence-corrected chi connectivity index (χ4v) is 3.39. The highest BCUT2D eigenvalue weighted by Gasteiger charge is 2.36. The molecule has 0 aliphatic rings. The summed E-state index contributed by atoms with van der Waals surface area (Å²) in [6.45, 7) is 10.8. The fraction of sp³-hybridized carbons (Fsp3) is 0.643. The molecule has 0 saturated heterocycles. The Bertz CT molecular complexity index is 948. The maximum Gasteiger partial charge on any atom is 0.508 e. The first-order valence-electron chi connectivity index (χ1n) is 13.2. The van der Waals surface area contributed by atoms with Crippen LogP contribution in [0.25, 0.3) is 0 Å². The Labute approximate surface area is 225 Å². The first kappa shape index (κ1) is 32.9. The van der Waals surface area contributed by atoms with E-state index in [2.05, 4.69) is 0 Å². The number of ether oxygens (including phenoxy) is 5. The summed E-state index contributed by atoms with van der Waals surface area (Å²) in [5.74, 6) is -2.25. The van der Waals surface area contributed by atoms with Crippen LogP contribution in [0.15, 0.2) is 18.2 Å². The Morgan fingerprint density at radius 3 is 2.03 bits per heavy atom. The van der Waals surface area contributed by atoms with Crippen LogP contribution in [0.3, 0.4) is 0 Å². The Kier molecular flexibility index (Phi) is 13.8. The third kappa shape index (κ3) is 10.3. The van der Waals surface area contributed by atoms with Crippen LogP contribution in [-0.4, -0.2) is 49.4 Å². The van der Waals surface area contributed by atoms with Gasteiger partial charge in [-0.2, -0.15) is 0 Å². The van der Waals surface area contributed by atoms with E-state index in [1.165, 1.54) is 19.2 Å². The van der Waals surface area contributed by atoms with Gasteiger partial charge in [0.1, 0.15) is 11.6 Å². The average Bonchev–Trinajstić information content (AvgIpc) is 2.88. The van der Waals surface area contributed by atoms with Gasteiger partial charge in [-0.15, -0.1) is 0 Å². The number of nitrogens with two attached hydrogens (primary N) is 1. The van der Waals surface area contributed by atoms with E-state index >= 15 is 0 Å². The van der Waals surface area contributed by atoms with Crippen LogP contribution in [-0.2, 0) is 35.0 Å². The maximum atomic E-state index is 12.6. The van der Waals surface area contributed by atoms with Gasteiger partial charge in [0.15, 0.2) is 11.5 Å². The van der Waals surface area contributed by atoms with E-state index in [0.29, 0.717) is 24.8 Å². The molecule has 4 atom stereocenters. The van der Waals surface area contributed by atoms with Crippen LogP contribution in [0.1, 0.15) is 79.2 Å². The Morgan fingerprint density at radius 2 is 1.50 bits per heavy atom. The molecule has 0 saturated carbocycles. The molecule has 2 unspecified atom stereocenters. The van der Waals surface area contributed by atoms with Crippen molar-refractivity contribution >= 4 is 24.1 Å². The molecule has 0 bridgehead atoms. The second kappa shape index (κ2) is 16.0. The summed E-state index contributed by atoms with van der Waals surface area (Å²) >= 11 is 0. The highest BCUT2D eigenvalue weighted by atomic mass is 16.7. The van der Waals surface area contributed by atoms with Gasteiger partial charge in [0.25, 0.3) is 0 Å². The Morgan fingerprint density at radius 1 is 0.921 bits per heavy atom. The minimum absolute atomic E-state index is 0.0300. The first-order chi connectivity index (χ1) is 17.9. The largest absolute Gasteiger partial charge is 0.508 e. The lowest BCUT2D eigenvalue weighted by Crippen LogP contribution is -2.51. The molecule has 0 aromatic heterocycles. The van der Waals surface area contributed by atoms with Crippen LogP contribution >= 0.6 is 0 Å². The number of rotatable bonds is 15. The van der Waals surface area contributed by atoms with Crippen LogP contribution in [0.2, 0.25) is 0 Å². The van der Waals surface area contributed by atoms with E-state index in [0.717, 1.165) is 6.42 Å². The van der Waals surface area contributed by atoms with Gasteiger partial charge in [0.05, 0.1) is 25.6 Å². The molecule has 0 aliphatic heterocycles. The van der Waals surface area contributed by atoms with Crippen LogP contribution < -0.4 is 15.2 Å². The summed E-state index contributed by atoms with van der Waals surface area (Å²) in [5, 5.41) is 0. The van der Waals surface area contributed by atoms with Crippen molar-refractivity contribution in [2.45, 2.75) is 91.7 Å². The summed E-state index contributed by atoms with van der Waals surface area (Å²) in [4.78, 5) is 49.5. The number of carbonyl (C=O) groups is 4. The van der Waals surface area contributed by atoms with Crippen molar-refractivity contribution in [1.82, 2.24) is 0 Å². The van der Waals surface area contributed by atoms with E-state index in [1.54, 1.807) is 26.8 Å². The molecule has 0 aliphatic carbocycles. The van der Waals surface area contributed by atoms with E-state index in [4.69, 9.17) is 29.4 Å². The fourth-order valence-electron chi connectivity index (χ4n) is 3.39. The molecule has 214 valence electrons. The molecule has 38 heavy (non-hydrogen) atoms. The summed E-state index contributed by atoms with van der Waals surface area (Å²) in [7, 11) is 1.21. The number of methoxy groups -OCH3 is 1. The quantitative estimate of drug-likeness (QED) is 0.246. The molecule has 0 spiro atoms. The number of hydrogen-bond donors (Lipinski definition) is 1. The van der Waals surface area contributed by atoms with Gasteiger partial charge < -0.3 is 29.4 Å². The lowest BCUT2D eigenvalue weighted by Gasteiger charge is -2.27. The van der Waals surface area contributed by atoms with E-state index in [-0.39, 0.29) is 48.9 Å². The van der Waals surface area contributed by atoms with Gasteiger partial charge in [0.2, 0.25) is 0 Å². The normalized spacial score (nSPS) is 14.8. The monoisotopic (exact) mass is 537 g/mol. The molecule has 10 heteroatoms. The Balaban J connectivity index is 3.14. The van der Waals surface area contributed by atoms with Gasteiger partial charge in [-0.3, -0.25) is 14.4 Å². The molecular weight excluding hydrogens is 494 g/mol. The SMILES string of the molecule is CCC[C@H](C)OC(=O)OCC[C@@](N)(Cc1ccc(OC(=O)C(C)CC)c(OC(=O)C(C)CC)c1)C(=O)OC. The van der Waals surface area contributed by atoms with Crippen molar-refractivity contribution in [1.29, 1.82) is 0 Å². The summed E-state index contributed by atoms with van der Waals surface area (Å²) < 4.78 is 26.2. The molecule has 1 rings (SSSR count). The molecular formula is C28H43NO9. The summed E-state index contributed by atoms with van der Waals surface area (Å²) in [5.41, 5.74) is 5.38. The molecule has 0 heterocycles. The topological polar surface area (TPSA) is 140 Å². The van der Waals surface area contributed by atoms with Crippen LogP contribution in [0.4, 0.5) is 4.79 Å². The van der Waals surface area contributed by atoms with Crippen molar-refractivity contribution < 1.29 is 42.9 Å². The standard InChI is InChI=1S/C28H43NO9/c1-8-11-20(6)36-27(33)35-15-14-28(29,26(32)34-7)17-21-12-13-22(37-24(30)18(4)9-2)23(16-21)38-25(31)19(5)10-3/h12-13,16,18-20H,8-11,14-15,17,29H2,1-7H3/t18?,19?,20-,28+/m0/s1. The third-order valence-electron chi connectivity index (χ3n) is 6.33. The predicted octanol–water partition coefficient (Wildman–Crippen LogP) is 4.73. The number of carbonyl (C=O) groups excluding carboxylic acids is 4. The van der Waals surface area contributed by atoms with Crippen molar-refractivity contribution in [3.63, 3.8) is 0 Å². The zero-order valence-electron chi connectivity index (χ0n) is 23.7. The lowest BCUT2D eigenvalue weighted by atomic mass is 9.88. The minimum Gasteiger partial charge on any atom is -0.468 e. The van der Waals surface area contributed by atoms with Crippen LogP contribution in [0, 0.1) is 11.8 Å². The number of hydrogen-bond acceptors (Lipinski definition) is 10. The van der Waals surface area contributed by atoms with Crippen molar-refractivity contribution in [3.05, 3.63) is 23.8 Å². The van der Waals surface area contributed by atoms with E-state index in [1.807, 2.05) is 20.8 Å². The minimum atomic E-state index is -1.56. The van der Waals surface area contributed by atoms with Gasteiger partial charge in [-0.25, -0.2) is 4.79 Å². The van der Waals surface area contributed by atoms with Crippen molar-refractivity contribution in [3.8, 4) is 11.5 Å². The smallest absolute Gasteiger partial charge is 0.468 e. The zero-order valence-corrected chi connectivity index (χ0v) is 23.7. The number of benzene rings is 1. The summed E-state index contributed by atoms with van der Waals surface area (Å²) in [6, 6.07) is 4.62. The highest BCUT2D eigenvalue weighted by molar-refractivity contribution is 5.81. The van der Waals surface area contributed by atoms with Gasteiger partial charge in [0, 0.05) is 12.8 Å². The summed E-state index contributed by atoms with van der Waals surface area (Å²) in [6.07, 6.45) is 1.49. The average molecular weight is 538 g/mol. The van der Waals surface area contributed by atoms with Crippen molar-refractivity contribution in [2.75, 3.05) is 13.7 Å².